The van der Waals surface area contributed by atoms with E-state index in [1.165, 1.54) is 6.20 Å². The minimum Gasteiger partial charge on any atom is -0.497 e. The summed E-state index contributed by atoms with van der Waals surface area (Å²) >= 11 is 0. The largest absolute Gasteiger partial charge is 0.497 e. The van der Waals surface area contributed by atoms with E-state index in [2.05, 4.69) is 15.3 Å². The van der Waals surface area contributed by atoms with Crippen LogP contribution in [0.3, 0.4) is 0 Å². The van der Waals surface area contributed by atoms with Gasteiger partial charge < -0.3 is 14.8 Å². The van der Waals surface area contributed by atoms with Gasteiger partial charge in [0.25, 0.3) is 5.56 Å². The average molecular weight is 289 g/mol. The second kappa shape index (κ2) is 6.56. The number of aromatic amines is 1. The molecule has 2 rings (SSSR count). The van der Waals surface area contributed by atoms with E-state index in [-0.39, 0.29) is 18.1 Å². The second-order valence-electron chi connectivity index (χ2n) is 4.05. The predicted octanol–water partition coefficient (Wildman–Crippen LogP) is 1.70. The Bertz CT molecular complexity index is 697. The molecule has 0 saturated heterocycles. The quantitative estimate of drug-likeness (QED) is 0.814. The van der Waals surface area contributed by atoms with Crippen molar-refractivity contribution in [1.29, 1.82) is 0 Å². The molecule has 2 aromatic rings. The topological polar surface area (TPSA) is 93.3 Å². The SMILES string of the molecule is CCOC(=O)c1cnc(Nc2cccc(OC)c2)[nH]c1=O. The first kappa shape index (κ1) is 14.6. The fourth-order valence-electron chi connectivity index (χ4n) is 1.65. The Hall–Kier alpha value is -2.83. The van der Waals surface area contributed by atoms with Crippen LogP contribution in [0.15, 0.2) is 35.3 Å². The lowest BCUT2D eigenvalue weighted by Gasteiger charge is -2.07. The molecule has 1 aromatic heterocycles. The van der Waals surface area contributed by atoms with E-state index in [4.69, 9.17) is 9.47 Å². The molecule has 0 saturated carbocycles. The van der Waals surface area contributed by atoms with E-state index in [1.807, 2.05) is 0 Å². The monoisotopic (exact) mass is 289 g/mol. The van der Waals surface area contributed by atoms with Crippen LogP contribution in [0.5, 0.6) is 5.75 Å². The van der Waals surface area contributed by atoms with Gasteiger partial charge in [0.15, 0.2) is 0 Å². The first-order valence-corrected chi connectivity index (χ1v) is 6.31. The van der Waals surface area contributed by atoms with Crippen molar-refractivity contribution >= 4 is 17.6 Å². The highest BCUT2D eigenvalue weighted by Crippen LogP contribution is 2.18. The van der Waals surface area contributed by atoms with Crippen LogP contribution in [0.1, 0.15) is 17.3 Å². The van der Waals surface area contributed by atoms with Gasteiger partial charge in [-0.3, -0.25) is 9.78 Å². The summed E-state index contributed by atoms with van der Waals surface area (Å²) in [6.45, 7) is 1.86. The molecule has 0 bridgehead atoms. The highest BCUT2D eigenvalue weighted by Gasteiger charge is 2.12. The summed E-state index contributed by atoms with van der Waals surface area (Å²) in [4.78, 5) is 29.8. The fraction of sp³-hybridized carbons (Fsp3) is 0.214. The number of benzene rings is 1. The number of esters is 1. The number of carbonyl (C=O) groups is 1. The lowest BCUT2D eigenvalue weighted by Crippen LogP contribution is -2.21. The number of carbonyl (C=O) groups excluding carboxylic acids is 1. The average Bonchev–Trinajstić information content (AvgIpc) is 2.47. The van der Waals surface area contributed by atoms with Gasteiger partial charge in [0.2, 0.25) is 5.95 Å². The van der Waals surface area contributed by atoms with Gasteiger partial charge >= 0.3 is 5.97 Å². The summed E-state index contributed by atoms with van der Waals surface area (Å²) in [5.41, 5.74) is 0.00303. The van der Waals surface area contributed by atoms with Crippen molar-refractivity contribution in [1.82, 2.24) is 9.97 Å². The molecule has 1 aromatic carbocycles. The zero-order chi connectivity index (χ0) is 15.2. The molecule has 0 aliphatic carbocycles. The first-order chi connectivity index (χ1) is 10.1. The number of aromatic nitrogens is 2. The van der Waals surface area contributed by atoms with Gasteiger partial charge in [-0.25, -0.2) is 9.78 Å². The molecular formula is C14H15N3O4. The Labute approximate surface area is 120 Å². The Kier molecular flexibility index (Phi) is 4.55. The maximum Gasteiger partial charge on any atom is 0.345 e. The van der Waals surface area contributed by atoms with Gasteiger partial charge in [-0.2, -0.15) is 0 Å². The number of anilines is 2. The van der Waals surface area contributed by atoms with Crippen molar-refractivity contribution in [3.05, 3.63) is 46.4 Å². The molecule has 0 atom stereocenters. The number of methoxy groups -OCH3 is 1. The van der Waals surface area contributed by atoms with Crippen LogP contribution in [0, 0.1) is 0 Å². The van der Waals surface area contributed by atoms with E-state index in [1.54, 1.807) is 38.3 Å². The number of hydrogen-bond acceptors (Lipinski definition) is 6. The van der Waals surface area contributed by atoms with Gasteiger partial charge in [-0.1, -0.05) is 6.07 Å². The maximum atomic E-state index is 11.8. The van der Waals surface area contributed by atoms with Crippen LogP contribution in [-0.2, 0) is 4.74 Å². The molecule has 0 aliphatic heterocycles. The van der Waals surface area contributed by atoms with E-state index in [9.17, 15) is 9.59 Å². The number of nitrogens with zero attached hydrogens (tertiary/aromatic N) is 1. The third kappa shape index (κ3) is 3.59. The highest BCUT2D eigenvalue weighted by molar-refractivity contribution is 5.88. The standard InChI is InChI=1S/C14H15N3O4/c1-3-21-13(19)11-8-15-14(17-12(11)18)16-9-5-4-6-10(7-9)20-2/h4-8H,3H2,1-2H3,(H2,15,16,17,18). The van der Waals surface area contributed by atoms with Crippen LogP contribution < -0.4 is 15.6 Å². The minimum absolute atomic E-state index is 0.131. The zero-order valence-electron chi connectivity index (χ0n) is 11.7. The molecule has 0 amide bonds. The number of rotatable bonds is 5. The summed E-state index contributed by atoms with van der Waals surface area (Å²) in [7, 11) is 1.56. The lowest BCUT2D eigenvalue weighted by molar-refractivity contribution is 0.0524. The van der Waals surface area contributed by atoms with Gasteiger partial charge in [0.05, 0.1) is 19.9 Å². The summed E-state index contributed by atoms with van der Waals surface area (Å²) in [5.74, 6) is 0.200. The van der Waals surface area contributed by atoms with Crippen LogP contribution >= 0.6 is 0 Å². The molecular weight excluding hydrogens is 274 g/mol. The van der Waals surface area contributed by atoms with Crippen LogP contribution in [0.2, 0.25) is 0 Å². The Morgan fingerprint density at radius 3 is 2.90 bits per heavy atom. The maximum absolute atomic E-state index is 11.8. The van der Waals surface area contributed by atoms with Crippen LogP contribution in [-0.4, -0.2) is 29.7 Å². The highest BCUT2D eigenvalue weighted by atomic mass is 16.5. The number of nitrogens with one attached hydrogen (secondary N) is 2. The van der Waals surface area contributed by atoms with Crippen molar-refractivity contribution < 1.29 is 14.3 Å². The zero-order valence-corrected chi connectivity index (χ0v) is 11.7. The van der Waals surface area contributed by atoms with E-state index < -0.39 is 11.5 Å². The summed E-state index contributed by atoms with van der Waals surface area (Å²) in [5, 5.41) is 2.92. The molecule has 0 fully saturated rings. The molecule has 7 nitrogen and oxygen atoms in total. The molecule has 21 heavy (non-hydrogen) atoms. The summed E-state index contributed by atoms with van der Waals surface area (Å²) in [6.07, 6.45) is 1.18. The number of hydrogen-bond donors (Lipinski definition) is 2. The Morgan fingerprint density at radius 2 is 2.24 bits per heavy atom. The van der Waals surface area contributed by atoms with Gasteiger partial charge in [-0.15, -0.1) is 0 Å². The number of H-pyrrole nitrogens is 1. The molecule has 0 aliphatic rings. The summed E-state index contributed by atoms with van der Waals surface area (Å²) < 4.78 is 9.86. The van der Waals surface area contributed by atoms with Crippen LogP contribution in [0.25, 0.3) is 0 Å². The molecule has 0 unspecified atom stereocenters. The number of ether oxygens (including phenoxy) is 2. The van der Waals surface area contributed by atoms with E-state index >= 15 is 0 Å². The summed E-state index contributed by atoms with van der Waals surface area (Å²) in [6, 6.07) is 7.14. The van der Waals surface area contributed by atoms with Crippen LogP contribution in [0.4, 0.5) is 11.6 Å². The van der Waals surface area contributed by atoms with E-state index in [0.717, 1.165) is 0 Å². The smallest absolute Gasteiger partial charge is 0.345 e. The Balaban J connectivity index is 2.20. The van der Waals surface area contributed by atoms with Gasteiger partial charge in [0.1, 0.15) is 11.3 Å². The van der Waals surface area contributed by atoms with Crippen molar-refractivity contribution in [2.24, 2.45) is 0 Å². The molecule has 7 heteroatoms. The minimum atomic E-state index is -0.695. The fourth-order valence-corrected chi connectivity index (χ4v) is 1.65. The Morgan fingerprint density at radius 1 is 1.43 bits per heavy atom. The molecule has 0 radical (unpaired) electrons. The third-order valence-electron chi connectivity index (χ3n) is 2.63. The molecule has 1 heterocycles. The second-order valence-corrected chi connectivity index (χ2v) is 4.05. The van der Waals surface area contributed by atoms with Crippen molar-refractivity contribution in [3.8, 4) is 5.75 Å². The van der Waals surface area contributed by atoms with Crippen molar-refractivity contribution in [2.45, 2.75) is 6.92 Å². The molecule has 110 valence electrons. The van der Waals surface area contributed by atoms with Crippen molar-refractivity contribution in [3.63, 3.8) is 0 Å². The predicted molar refractivity (Wildman–Crippen MR) is 77.1 cm³/mol. The normalized spacial score (nSPS) is 10.0. The third-order valence-corrected chi connectivity index (χ3v) is 2.63. The lowest BCUT2D eigenvalue weighted by atomic mass is 10.3. The molecule has 0 spiro atoms. The van der Waals surface area contributed by atoms with Gasteiger partial charge in [0, 0.05) is 11.8 Å². The van der Waals surface area contributed by atoms with Gasteiger partial charge in [-0.05, 0) is 19.1 Å². The van der Waals surface area contributed by atoms with Crippen molar-refractivity contribution in [2.75, 3.05) is 19.0 Å². The van der Waals surface area contributed by atoms with E-state index in [0.29, 0.717) is 11.4 Å². The first-order valence-electron chi connectivity index (χ1n) is 6.31. The molecule has 2 N–H and O–H groups in total.